The van der Waals surface area contributed by atoms with Crippen LogP contribution in [0.3, 0.4) is 0 Å². The molecule has 3 nitrogen and oxygen atoms in total. The first-order valence-electron chi connectivity index (χ1n) is 5.57. The van der Waals surface area contributed by atoms with Crippen LogP contribution in [0.4, 0.5) is 5.69 Å². The lowest BCUT2D eigenvalue weighted by molar-refractivity contribution is 0.620. The Hall–Kier alpha value is -2.00. The summed E-state index contributed by atoms with van der Waals surface area (Å²) in [6.45, 7) is 2.01. The molecule has 0 amide bonds. The molecule has 0 aliphatic rings. The van der Waals surface area contributed by atoms with Crippen LogP contribution >= 0.6 is 11.6 Å². The van der Waals surface area contributed by atoms with Crippen molar-refractivity contribution in [3.05, 3.63) is 47.0 Å². The number of nitrogens with zero attached hydrogens (tertiary/aromatic N) is 1. The molecule has 3 aromatic rings. The van der Waals surface area contributed by atoms with Crippen molar-refractivity contribution < 1.29 is 4.42 Å². The normalized spacial score (nSPS) is 11.0. The topological polar surface area (TPSA) is 52.0 Å². The van der Waals surface area contributed by atoms with Crippen LogP contribution in [0, 0.1) is 6.92 Å². The predicted molar refractivity (Wildman–Crippen MR) is 73.6 cm³/mol. The third-order valence-corrected chi connectivity index (χ3v) is 3.12. The number of nitrogens with two attached hydrogens (primary N) is 1. The summed E-state index contributed by atoms with van der Waals surface area (Å²) in [6.07, 6.45) is 0. The molecule has 0 aliphatic carbocycles. The molecule has 1 heterocycles. The van der Waals surface area contributed by atoms with Gasteiger partial charge in [-0.3, -0.25) is 0 Å². The second-order valence-electron chi connectivity index (χ2n) is 4.19. The van der Waals surface area contributed by atoms with Crippen molar-refractivity contribution >= 4 is 28.4 Å². The van der Waals surface area contributed by atoms with Crippen LogP contribution in [-0.2, 0) is 0 Å². The van der Waals surface area contributed by atoms with Crippen molar-refractivity contribution in [2.75, 3.05) is 5.73 Å². The quantitative estimate of drug-likeness (QED) is 0.670. The molecule has 0 bridgehead atoms. The van der Waals surface area contributed by atoms with Gasteiger partial charge in [-0.2, -0.15) is 0 Å². The highest BCUT2D eigenvalue weighted by molar-refractivity contribution is 6.33. The minimum atomic E-state index is 0.457. The SMILES string of the molecule is Cc1ccc2nc(-c3c(N)cccc3Cl)oc2c1. The van der Waals surface area contributed by atoms with E-state index in [2.05, 4.69) is 4.98 Å². The molecule has 0 aliphatic heterocycles. The molecule has 4 heteroatoms. The molecule has 0 atom stereocenters. The van der Waals surface area contributed by atoms with Gasteiger partial charge in [-0.25, -0.2) is 4.98 Å². The van der Waals surface area contributed by atoms with Crippen molar-refractivity contribution in [3.63, 3.8) is 0 Å². The van der Waals surface area contributed by atoms with E-state index in [1.54, 1.807) is 18.2 Å². The Kier molecular flexibility index (Phi) is 2.49. The van der Waals surface area contributed by atoms with Crippen LogP contribution in [-0.4, -0.2) is 4.98 Å². The molecule has 2 N–H and O–H groups in total. The van der Waals surface area contributed by atoms with E-state index in [0.29, 0.717) is 22.2 Å². The zero-order valence-corrected chi connectivity index (χ0v) is 10.5. The van der Waals surface area contributed by atoms with E-state index in [0.717, 1.165) is 16.7 Å². The molecule has 0 unspecified atom stereocenters. The monoisotopic (exact) mass is 258 g/mol. The first-order valence-corrected chi connectivity index (χ1v) is 5.94. The first kappa shape index (κ1) is 11.1. The predicted octanol–water partition coefficient (Wildman–Crippen LogP) is 4.04. The van der Waals surface area contributed by atoms with E-state index < -0.39 is 0 Å². The Labute approximate surface area is 109 Å². The highest BCUT2D eigenvalue weighted by Gasteiger charge is 2.14. The van der Waals surface area contributed by atoms with E-state index in [1.807, 2.05) is 25.1 Å². The van der Waals surface area contributed by atoms with Gasteiger partial charge in [0.05, 0.1) is 10.6 Å². The molecule has 0 saturated heterocycles. The molecule has 3 rings (SSSR count). The summed E-state index contributed by atoms with van der Waals surface area (Å²) in [5.41, 5.74) is 9.79. The smallest absolute Gasteiger partial charge is 0.230 e. The molecule has 1 aromatic heterocycles. The minimum Gasteiger partial charge on any atom is -0.436 e. The fraction of sp³-hybridized carbons (Fsp3) is 0.0714. The van der Waals surface area contributed by atoms with Gasteiger partial charge in [0.25, 0.3) is 0 Å². The van der Waals surface area contributed by atoms with E-state index >= 15 is 0 Å². The third-order valence-electron chi connectivity index (χ3n) is 2.80. The number of rotatable bonds is 1. The number of halogens is 1. The van der Waals surface area contributed by atoms with E-state index in [9.17, 15) is 0 Å². The van der Waals surface area contributed by atoms with Gasteiger partial charge in [-0.05, 0) is 36.8 Å². The van der Waals surface area contributed by atoms with Crippen molar-refractivity contribution in [1.29, 1.82) is 0 Å². The number of aryl methyl sites for hydroxylation is 1. The molecule has 0 spiro atoms. The van der Waals surface area contributed by atoms with Crippen molar-refractivity contribution in [2.45, 2.75) is 6.92 Å². The van der Waals surface area contributed by atoms with Crippen LogP contribution in [0.2, 0.25) is 5.02 Å². The van der Waals surface area contributed by atoms with Gasteiger partial charge in [0.2, 0.25) is 5.89 Å². The molecule has 0 radical (unpaired) electrons. The number of fused-ring (bicyclic) bond motifs is 1. The number of hydrogen-bond acceptors (Lipinski definition) is 3. The van der Waals surface area contributed by atoms with Crippen molar-refractivity contribution in [1.82, 2.24) is 4.98 Å². The van der Waals surface area contributed by atoms with Gasteiger partial charge in [-0.15, -0.1) is 0 Å². The summed E-state index contributed by atoms with van der Waals surface area (Å²) < 4.78 is 5.72. The van der Waals surface area contributed by atoms with Gasteiger partial charge in [0, 0.05) is 5.69 Å². The maximum absolute atomic E-state index is 6.14. The molecule has 18 heavy (non-hydrogen) atoms. The van der Waals surface area contributed by atoms with Gasteiger partial charge < -0.3 is 10.2 Å². The summed E-state index contributed by atoms with van der Waals surface area (Å²) in [6, 6.07) is 11.2. The summed E-state index contributed by atoms with van der Waals surface area (Å²) in [7, 11) is 0. The lowest BCUT2D eigenvalue weighted by Crippen LogP contribution is -1.90. The molecular formula is C14H11ClN2O. The average molecular weight is 259 g/mol. The highest BCUT2D eigenvalue weighted by atomic mass is 35.5. The number of nitrogen functional groups attached to an aromatic ring is 1. The number of anilines is 1. The Morgan fingerprint density at radius 1 is 1.22 bits per heavy atom. The average Bonchev–Trinajstić information content (AvgIpc) is 2.71. The zero-order valence-electron chi connectivity index (χ0n) is 9.77. The highest BCUT2D eigenvalue weighted by Crippen LogP contribution is 2.34. The summed E-state index contributed by atoms with van der Waals surface area (Å²) in [5, 5.41) is 0.540. The minimum absolute atomic E-state index is 0.457. The van der Waals surface area contributed by atoms with Gasteiger partial charge in [0.1, 0.15) is 5.52 Å². The molecule has 0 saturated carbocycles. The Morgan fingerprint density at radius 3 is 2.83 bits per heavy atom. The summed E-state index contributed by atoms with van der Waals surface area (Å²) in [4.78, 5) is 4.41. The van der Waals surface area contributed by atoms with Gasteiger partial charge >= 0.3 is 0 Å². The van der Waals surface area contributed by atoms with Crippen molar-refractivity contribution in [3.8, 4) is 11.5 Å². The number of aromatic nitrogens is 1. The molecule has 0 fully saturated rings. The second kappa shape index (κ2) is 4.03. The lowest BCUT2D eigenvalue weighted by atomic mass is 10.2. The van der Waals surface area contributed by atoms with E-state index in [1.165, 1.54) is 0 Å². The first-order chi connectivity index (χ1) is 8.65. The van der Waals surface area contributed by atoms with Gasteiger partial charge in [-0.1, -0.05) is 23.7 Å². The summed E-state index contributed by atoms with van der Waals surface area (Å²) >= 11 is 6.14. The van der Waals surface area contributed by atoms with Gasteiger partial charge in [0.15, 0.2) is 5.58 Å². The fourth-order valence-electron chi connectivity index (χ4n) is 1.91. The number of benzene rings is 2. The largest absolute Gasteiger partial charge is 0.436 e. The summed E-state index contributed by atoms with van der Waals surface area (Å²) in [5.74, 6) is 0.457. The van der Waals surface area contributed by atoms with Crippen molar-refractivity contribution in [2.24, 2.45) is 0 Å². The Balaban J connectivity index is 2.26. The molecule has 90 valence electrons. The zero-order chi connectivity index (χ0) is 12.7. The van der Waals surface area contributed by atoms with E-state index in [-0.39, 0.29) is 0 Å². The second-order valence-corrected chi connectivity index (χ2v) is 4.60. The van der Waals surface area contributed by atoms with Crippen LogP contribution in [0.25, 0.3) is 22.6 Å². The maximum atomic E-state index is 6.14. The van der Waals surface area contributed by atoms with E-state index in [4.69, 9.17) is 21.8 Å². The third kappa shape index (κ3) is 1.73. The van der Waals surface area contributed by atoms with Crippen LogP contribution in [0.5, 0.6) is 0 Å². The maximum Gasteiger partial charge on any atom is 0.230 e. The standard InChI is InChI=1S/C14H11ClN2O/c1-8-5-6-11-12(7-8)18-14(17-11)13-9(15)3-2-4-10(13)16/h2-7H,16H2,1H3. The number of oxazole rings is 1. The van der Waals surface area contributed by atoms with Crippen LogP contribution in [0.15, 0.2) is 40.8 Å². The van der Waals surface area contributed by atoms with Crippen LogP contribution in [0.1, 0.15) is 5.56 Å². The molecular weight excluding hydrogens is 248 g/mol. The fourth-order valence-corrected chi connectivity index (χ4v) is 2.17. The Bertz CT molecular complexity index is 713. The molecule has 2 aromatic carbocycles. The van der Waals surface area contributed by atoms with Crippen LogP contribution < -0.4 is 5.73 Å². The number of hydrogen-bond donors (Lipinski definition) is 1. The Morgan fingerprint density at radius 2 is 2.06 bits per heavy atom. The lowest BCUT2D eigenvalue weighted by Gasteiger charge is -2.02.